The average molecular weight is 390 g/mol. The third-order valence-corrected chi connectivity index (χ3v) is 5.28. The van der Waals surface area contributed by atoms with Crippen LogP contribution in [0.25, 0.3) is 22.5 Å². The molecule has 2 N–H and O–H groups in total. The SMILES string of the molecule is CC(C)(C)c1cc(-c2cc(-c3ccc(C(=O)O)cc3)[nH]n2)ccc1OCC1CC1. The van der Waals surface area contributed by atoms with Gasteiger partial charge in [-0.1, -0.05) is 32.9 Å². The maximum Gasteiger partial charge on any atom is 0.335 e. The van der Waals surface area contributed by atoms with Gasteiger partial charge in [0.1, 0.15) is 5.75 Å². The Bertz CT molecular complexity index is 1030. The van der Waals surface area contributed by atoms with E-state index in [2.05, 4.69) is 37.0 Å². The second-order valence-electron chi connectivity index (χ2n) is 8.76. The second-order valence-corrected chi connectivity index (χ2v) is 8.76. The van der Waals surface area contributed by atoms with E-state index in [4.69, 9.17) is 9.84 Å². The van der Waals surface area contributed by atoms with E-state index in [0.717, 1.165) is 34.9 Å². The highest BCUT2D eigenvalue weighted by Crippen LogP contribution is 2.37. The van der Waals surface area contributed by atoms with Gasteiger partial charge in [0.05, 0.1) is 23.6 Å². The smallest absolute Gasteiger partial charge is 0.335 e. The highest BCUT2D eigenvalue weighted by atomic mass is 16.5. The number of hydrogen-bond acceptors (Lipinski definition) is 3. The number of aromatic nitrogens is 2. The summed E-state index contributed by atoms with van der Waals surface area (Å²) in [5, 5.41) is 16.6. The first-order valence-corrected chi connectivity index (χ1v) is 9.98. The van der Waals surface area contributed by atoms with E-state index in [1.54, 1.807) is 24.3 Å². The Hall–Kier alpha value is -3.08. The molecule has 1 aliphatic carbocycles. The summed E-state index contributed by atoms with van der Waals surface area (Å²) in [7, 11) is 0. The van der Waals surface area contributed by atoms with Crippen LogP contribution in [-0.4, -0.2) is 27.9 Å². The van der Waals surface area contributed by atoms with Crippen molar-refractivity contribution in [2.75, 3.05) is 6.61 Å². The summed E-state index contributed by atoms with van der Waals surface area (Å²) < 4.78 is 6.11. The Morgan fingerprint density at radius 1 is 1.10 bits per heavy atom. The first kappa shape index (κ1) is 19.2. The van der Waals surface area contributed by atoms with Crippen LogP contribution in [0.5, 0.6) is 5.75 Å². The number of benzene rings is 2. The molecule has 5 heteroatoms. The van der Waals surface area contributed by atoms with Crippen LogP contribution in [0.1, 0.15) is 49.5 Å². The number of nitrogens with zero attached hydrogens (tertiary/aromatic N) is 1. The average Bonchev–Trinajstić information content (AvgIpc) is 3.39. The van der Waals surface area contributed by atoms with Gasteiger partial charge in [0, 0.05) is 11.1 Å². The number of nitrogens with one attached hydrogen (secondary N) is 1. The predicted molar refractivity (Wildman–Crippen MR) is 113 cm³/mol. The summed E-state index contributed by atoms with van der Waals surface area (Å²) in [5.41, 5.74) is 5.02. The fourth-order valence-electron chi connectivity index (χ4n) is 3.30. The fourth-order valence-corrected chi connectivity index (χ4v) is 3.30. The van der Waals surface area contributed by atoms with Crippen molar-refractivity contribution in [1.82, 2.24) is 10.2 Å². The van der Waals surface area contributed by atoms with Crippen molar-refractivity contribution >= 4 is 5.97 Å². The molecule has 0 spiro atoms. The summed E-state index contributed by atoms with van der Waals surface area (Å²) in [6, 6.07) is 15.0. The molecule has 0 atom stereocenters. The number of hydrogen-bond donors (Lipinski definition) is 2. The molecule has 0 radical (unpaired) electrons. The minimum Gasteiger partial charge on any atom is -0.493 e. The molecule has 5 nitrogen and oxygen atoms in total. The fraction of sp³-hybridized carbons (Fsp3) is 0.333. The zero-order valence-corrected chi connectivity index (χ0v) is 17.0. The summed E-state index contributed by atoms with van der Waals surface area (Å²) >= 11 is 0. The Kier molecular flexibility index (Phi) is 4.91. The highest BCUT2D eigenvalue weighted by molar-refractivity contribution is 5.88. The molecule has 1 heterocycles. The molecule has 0 aliphatic heterocycles. The van der Waals surface area contributed by atoms with Gasteiger partial charge in [-0.05, 0) is 66.1 Å². The number of carbonyl (C=O) groups is 1. The zero-order chi connectivity index (χ0) is 20.6. The normalized spacial score (nSPS) is 14.0. The van der Waals surface area contributed by atoms with Gasteiger partial charge in [-0.3, -0.25) is 5.10 Å². The molecule has 1 aliphatic rings. The van der Waals surface area contributed by atoms with Gasteiger partial charge in [-0.2, -0.15) is 5.10 Å². The monoisotopic (exact) mass is 390 g/mol. The van der Waals surface area contributed by atoms with Crippen LogP contribution in [-0.2, 0) is 5.41 Å². The standard InChI is InChI=1S/C24H26N2O3/c1-24(2,3)19-12-18(10-11-22(19)29-14-15-4-5-15)21-13-20(25-26-21)16-6-8-17(9-7-16)23(27)28/h6-13,15H,4-5,14H2,1-3H3,(H,25,26)(H,27,28). The zero-order valence-electron chi connectivity index (χ0n) is 17.0. The molecular weight excluding hydrogens is 364 g/mol. The van der Waals surface area contributed by atoms with E-state index in [1.165, 1.54) is 18.4 Å². The number of aromatic carboxylic acids is 1. The maximum absolute atomic E-state index is 11.0. The molecule has 4 rings (SSSR count). The van der Waals surface area contributed by atoms with E-state index < -0.39 is 5.97 Å². The molecule has 1 aromatic heterocycles. The summed E-state index contributed by atoms with van der Waals surface area (Å²) in [6.07, 6.45) is 2.54. The summed E-state index contributed by atoms with van der Waals surface area (Å²) in [5.74, 6) is 0.734. The predicted octanol–water partition coefficient (Wildman–Crippen LogP) is 5.53. The van der Waals surface area contributed by atoms with E-state index in [0.29, 0.717) is 5.92 Å². The Balaban J connectivity index is 1.61. The molecule has 0 unspecified atom stereocenters. The number of rotatable bonds is 6. The molecule has 2 aromatic carbocycles. The lowest BCUT2D eigenvalue weighted by Gasteiger charge is -2.23. The minimum absolute atomic E-state index is 0.0410. The van der Waals surface area contributed by atoms with Crippen LogP contribution >= 0.6 is 0 Å². The summed E-state index contributed by atoms with van der Waals surface area (Å²) in [4.78, 5) is 11.0. The molecule has 29 heavy (non-hydrogen) atoms. The van der Waals surface area contributed by atoms with Crippen LogP contribution in [0.4, 0.5) is 0 Å². The van der Waals surface area contributed by atoms with Crippen molar-refractivity contribution in [3.8, 4) is 28.3 Å². The van der Waals surface area contributed by atoms with Crippen LogP contribution in [0, 0.1) is 5.92 Å². The first-order valence-electron chi connectivity index (χ1n) is 9.98. The topological polar surface area (TPSA) is 75.2 Å². The van der Waals surface area contributed by atoms with Crippen molar-refractivity contribution in [3.63, 3.8) is 0 Å². The molecule has 0 saturated heterocycles. The number of H-pyrrole nitrogens is 1. The molecule has 1 fully saturated rings. The molecule has 3 aromatic rings. The van der Waals surface area contributed by atoms with Crippen molar-refractivity contribution in [1.29, 1.82) is 0 Å². The van der Waals surface area contributed by atoms with E-state index in [1.807, 2.05) is 18.2 Å². The van der Waals surface area contributed by atoms with Gasteiger partial charge in [0.15, 0.2) is 0 Å². The number of ether oxygens (including phenoxy) is 1. The minimum atomic E-state index is -0.930. The lowest BCUT2D eigenvalue weighted by atomic mass is 9.85. The van der Waals surface area contributed by atoms with Gasteiger partial charge in [-0.15, -0.1) is 0 Å². The van der Waals surface area contributed by atoms with E-state index >= 15 is 0 Å². The third-order valence-electron chi connectivity index (χ3n) is 5.28. The maximum atomic E-state index is 11.0. The van der Waals surface area contributed by atoms with Gasteiger partial charge in [0.2, 0.25) is 0 Å². The highest BCUT2D eigenvalue weighted by Gasteiger charge is 2.25. The first-order chi connectivity index (χ1) is 13.8. The quantitative estimate of drug-likeness (QED) is 0.580. The van der Waals surface area contributed by atoms with E-state index in [9.17, 15) is 4.79 Å². The molecule has 0 bridgehead atoms. The van der Waals surface area contributed by atoms with Gasteiger partial charge >= 0.3 is 5.97 Å². The van der Waals surface area contributed by atoms with Crippen molar-refractivity contribution < 1.29 is 14.6 Å². The van der Waals surface area contributed by atoms with Gasteiger partial charge in [0.25, 0.3) is 0 Å². The van der Waals surface area contributed by atoms with Crippen molar-refractivity contribution in [2.45, 2.75) is 39.0 Å². The number of aromatic amines is 1. The van der Waals surface area contributed by atoms with Crippen LogP contribution in [0.3, 0.4) is 0 Å². The number of carboxylic acids is 1. The van der Waals surface area contributed by atoms with E-state index in [-0.39, 0.29) is 11.0 Å². The molecule has 150 valence electrons. The lowest BCUT2D eigenvalue weighted by molar-refractivity contribution is 0.0697. The second kappa shape index (κ2) is 7.39. The number of carboxylic acid groups (broad SMARTS) is 1. The Morgan fingerprint density at radius 2 is 1.79 bits per heavy atom. The van der Waals surface area contributed by atoms with Crippen molar-refractivity contribution in [2.24, 2.45) is 5.92 Å². The molecule has 0 amide bonds. The molecular formula is C24H26N2O3. The van der Waals surface area contributed by atoms with Gasteiger partial charge < -0.3 is 9.84 Å². The molecule has 1 saturated carbocycles. The van der Waals surface area contributed by atoms with Crippen molar-refractivity contribution in [3.05, 3.63) is 59.7 Å². The van der Waals surface area contributed by atoms with Crippen LogP contribution in [0.2, 0.25) is 0 Å². The third kappa shape index (κ3) is 4.34. The largest absolute Gasteiger partial charge is 0.493 e. The lowest BCUT2D eigenvalue weighted by Crippen LogP contribution is -2.14. The Morgan fingerprint density at radius 3 is 2.41 bits per heavy atom. The van der Waals surface area contributed by atoms with Gasteiger partial charge in [-0.25, -0.2) is 4.79 Å². The summed E-state index contributed by atoms with van der Waals surface area (Å²) in [6.45, 7) is 7.36. The Labute approximate surface area is 170 Å². The van der Waals surface area contributed by atoms with Crippen LogP contribution in [0.15, 0.2) is 48.5 Å². The van der Waals surface area contributed by atoms with Crippen LogP contribution < -0.4 is 4.74 Å².